The standard InChI is InChI=1S/C12H24N2O4/c1-12(2,3)18-11(16)14-8-6-5-7-9(13)10(15)17-4/h9H,5-8,13H2,1-4H3,(H,14,16)/t9-/m1/s1. The minimum Gasteiger partial charge on any atom is -0.468 e. The van der Waals surface area contributed by atoms with Crippen LogP contribution in [0.25, 0.3) is 0 Å². The molecule has 6 nitrogen and oxygen atoms in total. The summed E-state index contributed by atoms with van der Waals surface area (Å²) in [6.45, 7) is 5.93. The molecular formula is C12H24N2O4. The second-order valence-corrected chi connectivity index (χ2v) is 5.05. The fourth-order valence-corrected chi connectivity index (χ4v) is 1.26. The van der Waals surface area contributed by atoms with E-state index in [9.17, 15) is 9.59 Å². The molecule has 0 aliphatic carbocycles. The molecule has 0 aliphatic rings. The highest BCUT2D eigenvalue weighted by Gasteiger charge is 2.16. The average molecular weight is 260 g/mol. The van der Waals surface area contributed by atoms with E-state index in [2.05, 4.69) is 10.1 Å². The van der Waals surface area contributed by atoms with Gasteiger partial charge < -0.3 is 20.5 Å². The highest BCUT2D eigenvalue weighted by atomic mass is 16.6. The molecule has 0 saturated carbocycles. The summed E-state index contributed by atoms with van der Waals surface area (Å²) in [5.74, 6) is -0.407. The molecule has 6 heteroatoms. The van der Waals surface area contributed by atoms with Crippen LogP contribution in [0.5, 0.6) is 0 Å². The van der Waals surface area contributed by atoms with E-state index in [-0.39, 0.29) is 0 Å². The number of carbonyl (C=O) groups excluding carboxylic acids is 2. The molecule has 0 aromatic carbocycles. The van der Waals surface area contributed by atoms with Crippen molar-refractivity contribution in [3.63, 3.8) is 0 Å². The van der Waals surface area contributed by atoms with Crippen LogP contribution >= 0.6 is 0 Å². The number of rotatable bonds is 6. The number of alkyl carbamates (subject to hydrolysis) is 1. The quantitative estimate of drug-likeness (QED) is 0.553. The topological polar surface area (TPSA) is 90.6 Å². The molecule has 0 radical (unpaired) electrons. The highest BCUT2D eigenvalue weighted by Crippen LogP contribution is 2.06. The summed E-state index contributed by atoms with van der Waals surface area (Å²) in [6.07, 6.45) is 1.60. The predicted octanol–water partition coefficient (Wildman–Crippen LogP) is 1.18. The van der Waals surface area contributed by atoms with E-state index in [0.29, 0.717) is 13.0 Å². The lowest BCUT2D eigenvalue weighted by Crippen LogP contribution is -2.33. The molecule has 0 unspecified atom stereocenters. The number of ether oxygens (including phenoxy) is 2. The number of methoxy groups -OCH3 is 1. The van der Waals surface area contributed by atoms with Crippen LogP contribution in [0.4, 0.5) is 4.79 Å². The minimum absolute atomic E-state index is 0.407. The van der Waals surface area contributed by atoms with E-state index >= 15 is 0 Å². The molecule has 0 rings (SSSR count). The molecule has 0 aromatic rings. The first-order valence-corrected chi connectivity index (χ1v) is 6.06. The van der Waals surface area contributed by atoms with Gasteiger partial charge in [-0.2, -0.15) is 0 Å². The normalized spacial score (nSPS) is 12.7. The van der Waals surface area contributed by atoms with E-state index in [1.807, 2.05) is 20.8 Å². The zero-order chi connectivity index (χ0) is 14.2. The van der Waals surface area contributed by atoms with Crippen molar-refractivity contribution in [2.45, 2.75) is 51.7 Å². The van der Waals surface area contributed by atoms with Gasteiger partial charge in [0.05, 0.1) is 7.11 Å². The maximum Gasteiger partial charge on any atom is 0.407 e. The van der Waals surface area contributed by atoms with Crippen molar-refractivity contribution in [2.75, 3.05) is 13.7 Å². The Morgan fingerprint density at radius 2 is 1.89 bits per heavy atom. The fourth-order valence-electron chi connectivity index (χ4n) is 1.26. The molecule has 106 valence electrons. The minimum atomic E-state index is -0.587. The zero-order valence-corrected chi connectivity index (χ0v) is 11.6. The van der Waals surface area contributed by atoms with Gasteiger partial charge in [0.1, 0.15) is 11.6 Å². The third-order valence-electron chi connectivity index (χ3n) is 2.11. The van der Waals surface area contributed by atoms with Crippen LogP contribution in [0.1, 0.15) is 40.0 Å². The number of unbranched alkanes of at least 4 members (excludes halogenated alkanes) is 1. The van der Waals surface area contributed by atoms with Crippen molar-refractivity contribution in [3.05, 3.63) is 0 Å². The van der Waals surface area contributed by atoms with Gasteiger partial charge in [-0.15, -0.1) is 0 Å². The largest absolute Gasteiger partial charge is 0.468 e. The maximum absolute atomic E-state index is 11.3. The number of carbonyl (C=O) groups is 2. The number of esters is 1. The van der Waals surface area contributed by atoms with Gasteiger partial charge in [-0.25, -0.2) is 4.79 Å². The van der Waals surface area contributed by atoms with Gasteiger partial charge in [0.2, 0.25) is 0 Å². The number of amides is 1. The summed E-state index contributed by atoms with van der Waals surface area (Å²) < 4.78 is 9.58. The monoisotopic (exact) mass is 260 g/mol. The molecule has 0 heterocycles. The zero-order valence-electron chi connectivity index (χ0n) is 11.6. The number of hydrogen-bond donors (Lipinski definition) is 2. The predicted molar refractivity (Wildman–Crippen MR) is 68.1 cm³/mol. The van der Waals surface area contributed by atoms with Crippen molar-refractivity contribution < 1.29 is 19.1 Å². The number of nitrogens with one attached hydrogen (secondary N) is 1. The Balaban J connectivity index is 3.57. The Kier molecular flexibility index (Phi) is 7.35. The van der Waals surface area contributed by atoms with Crippen LogP contribution in [0, 0.1) is 0 Å². The van der Waals surface area contributed by atoms with Gasteiger partial charge in [0.25, 0.3) is 0 Å². The summed E-state index contributed by atoms with van der Waals surface area (Å²) >= 11 is 0. The SMILES string of the molecule is COC(=O)[C@H](N)CCCCNC(=O)OC(C)(C)C. The van der Waals surface area contributed by atoms with Crippen molar-refractivity contribution in [1.82, 2.24) is 5.32 Å². The Morgan fingerprint density at radius 1 is 1.28 bits per heavy atom. The lowest BCUT2D eigenvalue weighted by molar-refractivity contribution is -0.142. The molecule has 1 amide bonds. The molecule has 0 fully saturated rings. The van der Waals surface area contributed by atoms with E-state index in [4.69, 9.17) is 10.5 Å². The molecule has 0 spiro atoms. The summed E-state index contributed by atoms with van der Waals surface area (Å²) in [6, 6.07) is -0.587. The Bertz CT molecular complexity index is 274. The van der Waals surface area contributed by atoms with Gasteiger partial charge in [0, 0.05) is 6.54 Å². The Hall–Kier alpha value is -1.30. The molecule has 18 heavy (non-hydrogen) atoms. The molecule has 0 aliphatic heterocycles. The maximum atomic E-state index is 11.3. The van der Waals surface area contributed by atoms with Crippen molar-refractivity contribution in [2.24, 2.45) is 5.73 Å². The fraction of sp³-hybridized carbons (Fsp3) is 0.833. The second kappa shape index (κ2) is 7.92. The number of nitrogens with two attached hydrogens (primary N) is 1. The summed E-state index contributed by atoms with van der Waals surface area (Å²) in [7, 11) is 1.31. The van der Waals surface area contributed by atoms with Gasteiger partial charge in [-0.05, 0) is 40.0 Å². The molecule has 0 aromatic heterocycles. The van der Waals surface area contributed by atoms with Crippen LogP contribution < -0.4 is 11.1 Å². The second-order valence-electron chi connectivity index (χ2n) is 5.05. The van der Waals surface area contributed by atoms with E-state index in [1.165, 1.54) is 7.11 Å². The van der Waals surface area contributed by atoms with Gasteiger partial charge in [0.15, 0.2) is 0 Å². The van der Waals surface area contributed by atoms with Crippen molar-refractivity contribution >= 4 is 12.1 Å². The van der Waals surface area contributed by atoms with Crippen LogP contribution in [0.15, 0.2) is 0 Å². The molecular weight excluding hydrogens is 236 g/mol. The van der Waals surface area contributed by atoms with Gasteiger partial charge in [-0.1, -0.05) is 0 Å². The van der Waals surface area contributed by atoms with Crippen molar-refractivity contribution in [3.8, 4) is 0 Å². The van der Waals surface area contributed by atoms with Gasteiger partial charge in [-0.3, -0.25) is 4.79 Å². The van der Waals surface area contributed by atoms with Crippen LogP contribution in [0.3, 0.4) is 0 Å². The smallest absolute Gasteiger partial charge is 0.407 e. The molecule has 1 atom stereocenters. The number of hydrogen-bond acceptors (Lipinski definition) is 5. The Morgan fingerprint density at radius 3 is 2.39 bits per heavy atom. The van der Waals surface area contributed by atoms with Crippen molar-refractivity contribution in [1.29, 1.82) is 0 Å². The molecule has 0 saturated heterocycles. The van der Waals surface area contributed by atoms with Crippen LogP contribution in [-0.4, -0.2) is 37.4 Å². The first-order valence-electron chi connectivity index (χ1n) is 6.06. The van der Waals surface area contributed by atoms with Crippen LogP contribution in [0.2, 0.25) is 0 Å². The Labute approximate surface area is 108 Å². The van der Waals surface area contributed by atoms with Gasteiger partial charge >= 0.3 is 12.1 Å². The van der Waals surface area contributed by atoms with E-state index < -0.39 is 23.7 Å². The molecule has 3 N–H and O–H groups in total. The molecule has 0 bridgehead atoms. The summed E-state index contributed by atoms with van der Waals surface area (Å²) in [5.41, 5.74) is 5.08. The lowest BCUT2D eigenvalue weighted by atomic mass is 10.1. The summed E-state index contributed by atoms with van der Waals surface area (Å²) in [5, 5.41) is 2.64. The average Bonchev–Trinajstić information content (AvgIpc) is 2.24. The summed E-state index contributed by atoms with van der Waals surface area (Å²) in [4.78, 5) is 22.3. The van der Waals surface area contributed by atoms with Crippen LogP contribution in [-0.2, 0) is 14.3 Å². The lowest BCUT2D eigenvalue weighted by Gasteiger charge is -2.19. The van der Waals surface area contributed by atoms with E-state index in [0.717, 1.165) is 12.8 Å². The van der Waals surface area contributed by atoms with E-state index in [1.54, 1.807) is 0 Å². The third kappa shape index (κ3) is 8.81. The highest BCUT2D eigenvalue weighted by molar-refractivity contribution is 5.75. The third-order valence-corrected chi connectivity index (χ3v) is 2.11. The first-order chi connectivity index (χ1) is 8.26. The first kappa shape index (κ1) is 16.7.